The molecule has 0 spiro atoms. The van der Waals surface area contributed by atoms with Crippen molar-refractivity contribution in [3.63, 3.8) is 0 Å². The Morgan fingerprint density at radius 2 is 1.70 bits per heavy atom. The van der Waals surface area contributed by atoms with E-state index >= 15 is 0 Å². The van der Waals surface area contributed by atoms with Gasteiger partial charge in [0, 0.05) is 25.7 Å². The van der Waals surface area contributed by atoms with Crippen LogP contribution in [0.3, 0.4) is 0 Å². The third kappa shape index (κ3) is 5.00. The molecule has 10 heteroatoms. The number of nitrogens with one attached hydrogen (secondary N) is 1. The summed E-state index contributed by atoms with van der Waals surface area (Å²) in [6, 6.07) is 8.52. The van der Waals surface area contributed by atoms with E-state index in [1.54, 1.807) is 12.1 Å². The van der Waals surface area contributed by atoms with Gasteiger partial charge in [-0.15, -0.1) is 0 Å². The van der Waals surface area contributed by atoms with Crippen LogP contribution < -0.4 is 10.1 Å². The predicted octanol–water partition coefficient (Wildman–Crippen LogP) is 2.93. The number of hydrogen-bond acceptors (Lipinski definition) is 5. The number of hydrogen-bond donors (Lipinski definition) is 1. The fraction of sp³-hybridized carbons (Fsp3) is 0.300. The highest BCUT2D eigenvalue weighted by molar-refractivity contribution is 7.89. The molecule has 0 unspecified atom stereocenters. The summed E-state index contributed by atoms with van der Waals surface area (Å²) in [5.41, 5.74) is 0.561. The van der Waals surface area contributed by atoms with Gasteiger partial charge in [0.1, 0.15) is 22.3 Å². The Hall–Kier alpha value is -2.85. The molecule has 3 rings (SSSR count). The maximum absolute atomic E-state index is 13.9. The zero-order chi connectivity index (χ0) is 21.9. The molecule has 0 radical (unpaired) electrons. The average molecular weight is 438 g/mol. The first-order chi connectivity index (χ1) is 14.2. The Morgan fingerprint density at radius 3 is 2.30 bits per heavy atom. The van der Waals surface area contributed by atoms with Crippen LogP contribution in [0.2, 0.25) is 0 Å². The first kappa shape index (κ1) is 21.8. The molecule has 0 aliphatic carbocycles. The van der Waals surface area contributed by atoms with E-state index in [-0.39, 0.29) is 31.8 Å². The summed E-state index contributed by atoms with van der Waals surface area (Å²) in [4.78, 5) is 22.7. The maximum atomic E-state index is 13.9. The summed E-state index contributed by atoms with van der Waals surface area (Å²) in [5, 5.41) is 2.60. The van der Waals surface area contributed by atoms with Crippen LogP contribution >= 0.6 is 0 Å². The van der Waals surface area contributed by atoms with Crippen LogP contribution in [-0.4, -0.2) is 37.7 Å². The highest BCUT2D eigenvalue weighted by atomic mass is 32.2. The fourth-order valence-electron chi connectivity index (χ4n) is 3.15. The summed E-state index contributed by atoms with van der Waals surface area (Å²) >= 11 is 0. The van der Waals surface area contributed by atoms with E-state index in [0.717, 1.165) is 16.4 Å². The smallest absolute Gasteiger partial charge is 0.314 e. The zero-order valence-corrected chi connectivity index (χ0v) is 16.9. The lowest BCUT2D eigenvalue weighted by Crippen LogP contribution is -2.41. The number of amides is 1. The Morgan fingerprint density at radius 1 is 1.07 bits per heavy atom. The molecule has 1 amide bonds. The number of halogens is 2. The van der Waals surface area contributed by atoms with Crippen molar-refractivity contribution in [2.24, 2.45) is 5.92 Å². The van der Waals surface area contributed by atoms with E-state index in [9.17, 15) is 26.8 Å². The lowest BCUT2D eigenvalue weighted by atomic mass is 9.98. The van der Waals surface area contributed by atoms with Crippen molar-refractivity contribution in [3.8, 4) is 5.75 Å². The second-order valence-corrected chi connectivity index (χ2v) is 8.79. The minimum Gasteiger partial charge on any atom is -0.426 e. The summed E-state index contributed by atoms with van der Waals surface area (Å²) in [5.74, 6) is -2.83. The number of nitrogens with zero attached hydrogens (tertiary/aromatic N) is 1. The number of anilines is 1. The number of piperidine rings is 1. The first-order valence-electron chi connectivity index (χ1n) is 9.21. The predicted molar refractivity (Wildman–Crippen MR) is 104 cm³/mol. The van der Waals surface area contributed by atoms with Gasteiger partial charge in [-0.3, -0.25) is 9.59 Å². The van der Waals surface area contributed by atoms with Crippen molar-refractivity contribution in [3.05, 3.63) is 54.1 Å². The lowest BCUT2D eigenvalue weighted by Gasteiger charge is -2.30. The number of carbonyl (C=O) groups is 2. The van der Waals surface area contributed by atoms with Gasteiger partial charge < -0.3 is 10.1 Å². The van der Waals surface area contributed by atoms with E-state index in [2.05, 4.69) is 5.32 Å². The number of sulfonamides is 1. The summed E-state index contributed by atoms with van der Waals surface area (Å²) in [7, 11) is -4.21. The Balaban J connectivity index is 1.60. The van der Waals surface area contributed by atoms with Gasteiger partial charge in [-0.05, 0) is 55.3 Å². The van der Waals surface area contributed by atoms with Gasteiger partial charge in [-0.1, -0.05) is 0 Å². The molecule has 2 aromatic carbocycles. The minimum absolute atomic E-state index is 0.0144. The number of carbonyl (C=O) groups excluding carboxylic acids is 2. The molecule has 1 N–H and O–H groups in total. The van der Waals surface area contributed by atoms with Crippen LogP contribution in [-0.2, 0) is 19.6 Å². The normalized spacial score (nSPS) is 15.6. The van der Waals surface area contributed by atoms with Crippen LogP contribution in [0.4, 0.5) is 14.5 Å². The van der Waals surface area contributed by atoms with E-state index in [1.165, 1.54) is 19.1 Å². The van der Waals surface area contributed by atoms with Crippen molar-refractivity contribution in [2.45, 2.75) is 24.7 Å². The van der Waals surface area contributed by atoms with Crippen molar-refractivity contribution in [1.82, 2.24) is 4.31 Å². The van der Waals surface area contributed by atoms with E-state index < -0.39 is 38.4 Å². The molecule has 1 aliphatic rings. The average Bonchev–Trinajstić information content (AvgIpc) is 2.71. The third-order valence-electron chi connectivity index (χ3n) is 4.69. The lowest BCUT2D eigenvalue weighted by molar-refractivity contribution is -0.140. The van der Waals surface area contributed by atoms with Crippen LogP contribution in [0.15, 0.2) is 47.4 Å². The summed E-state index contributed by atoms with van der Waals surface area (Å²) < 4.78 is 58.9. The molecule has 30 heavy (non-hydrogen) atoms. The van der Waals surface area contributed by atoms with Crippen LogP contribution in [0.1, 0.15) is 19.8 Å². The summed E-state index contributed by atoms with van der Waals surface area (Å²) in [6.07, 6.45) is 0.387. The molecule has 2 aromatic rings. The van der Waals surface area contributed by atoms with Crippen molar-refractivity contribution in [2.75, 3.05) is 18.4 Å². The monoisotopic (exact) mass is 438 g/mol. The van der Waals surface area contributed by atoms with Gasteiger partial charge in [0.25, 0.3) is 0 Å². The molecule has 0 atom stereocenters. The molecule has 0 saturated carbocycles. The standard InChI is InChI=1S/C20H20F2N2O5S/c1-13(25)23-16-3-5-17(6-4-16)29-20(26)14-8-10-24(11-9-14)30(27,28)19-12-15(21)2-7-18(19)22/h2-7,12,14H,8-11H2,1H3,(H,23,25). The first-order valence-corrected chi connectivity index (χ1v) is 10.7. The quantitative estimate of drug-likeness (QED) is 0.572. The van der Waals surface area contributed by atoms with Crippen molar-refractivity contribution in [1.29, 1.82) is 0 Å². The van der Waals surface area contributed by atoms with Crippen molar-refractivity contribution >= 4 is 27.6 Å². The van der Waals surface area contributed by atoms with Gasteiger partial charge in [0.2, 0.25) is 15.9 Å². The SMILES string of the molecule is CC(=O)Nc1ccc(OC(=O)C2CCN(S(=O)(=O)c3cc(F)ccc3F)CC2)cc1. The molecule has 1 fully saturated rings. The zero-order valence-electron chi connectivity index (χ0n) is 16.1. The molecular weight excluding hydrogens is 418 g/mol. The molecule has 1 aliphatic heterocycles. The fourth-order valence-corrected chi connectivity index (χ4v) is 4.70. The third-order valence-corrected chi connectivity index (χ3v) is 6.61. The van der Waals surface area contributed by atoms with Crippen molar-refractivity contribution < 1.29 is 31.5 Å². The van der Waals surface area contributed by atoms with Crippen LogP contribution in [0.25, 0.3) is 0 Å². The number of ether oxygens (including phenoxy) is 1. The van der Waals surface area contributed by atoms with Crippen LogP contribution in [0.5, 0.6) is 5.75 Å². The number of rotatable bonds is 5. The molecule has 7 nitrogen and oxygen atoms in total. The second kappa shape index (κ2) is 8.88. The Kier molecular flexibility index (Phi) is 6.47. The van der Waals surface area contributed by atoms with Gasteiger partial charge in [0.15, 0.2) is 0 Å². The topological polar surface area (TPSA) is 92.8 Å². The van der Waals surface area contributed by atoms with Gasteiger partial charge >= 0.3 is 5.97 Å². The molecule has 1 saturated heterocycles. The van der Waals surface area contributed by atoms with E-state index in [1.807, 2.05) is 0 Å². The molecular formula is C20H20F2N2O5S. The molecule has 160 valence electrons. The Labute approximate surface area is 172 Å². The van der Waals surface area contributed by atoms with Crippen LogP contribution in [0, 0.1) is 17.6 Å². The summed E-state index contributed by atoms with van der Waals surface area (Å²) in [6.45, 7) is 1.35. The largest absolute Gasteiger partial charge is 0.426 e. The molecule has 1 heterocycles. The number of esters is 1. The minimum atomic E-state index is -4.21. The van der Waals surface area contributed by atoms with Gasteiger partial charge in [-0.25, -0.2) is 17.2 Å². The van der Waals surface area contributed by atoms with E-state index in [0.29, 0.717) is 17.5 Å². The number of benzene rings is 2. The Bertz CT molecular complexity index is 1050. The molecule has 0 bridgehead atoms. The highest BCUT2D eigenvalue weighted by Crippen LogP contribution is 2.27. The second-order valence-electron chi connectivity index (χ2n) is 6.88. The highest BCUT2D eigenvalue weighted by Gasteiger charge is 2.34. The molecule has 0 aromatic heterocycles. The van der Waals surface area contributed by atoms with Gasteiger partial charge in [0.05, 0.1) is 5.92 Å². The van der Waals surface area contributed by atoms with E-state index in [4.69, 9.17) is 4.74 Å². The maximum Gasteiger partial charge on any atom is 0.314 e. The van der Waals surface area contributed by atoms with Gasteiger partial charge in [-0.2, -0.15) is 4.31 Å².